The van der Waals surface area contributed by atoms with Crippen LogP contribution in [-0.4, -0.2) is 24.1 Å². The maximum atomic E-state index is 11.5. The lowest BCUT2D eigenvalue weighted by molar-refractivity contribution is -0.142. The van der Waals surface area contributed by atoms with Crippen LogP contribution in [0, 0.1) is 0 Å². The van der Waals surface area contributed by atoms with Crippen molar-refractivity contribution in [1.82, 2.24) is 9.71 Å². The molecule has 1 aromatic heterocycles. The predicted molar refractivity (Wildman–Crippen MR) is 66.8 cm³/mol. The fraction of sp³-hybridized carbons (Fsp3) is 0.250. The molecule has 0 unspecified atom stereocenters. The molecular weight excluding hydrogens is 236 g/mol. The van der Waals surface area contributed by atoms with E-state index in [1.807, 2.05) is 18.2 Å². The van der Waals surface area contributed by atoms with E-state index in [2.05, 4.69) is 15.8 Å². The van der Waals surface area contributed by atoms with Crippen molar-refractivity contribution in [2.24, 2.45) is 0 Å². The van der Waals surface area contributed by atoms with Gasteiger partial charge in [-0.15, -0.1) is 0 Å². The first-order valence-electron chi connectivity index (χ1n) is 5.39. The summed E-state index contributed by atoms with van der Waals surface area (Å²) >= 11 is 1.46. The van der Waals surface area contributed by atoms with Gasteiger partial charge in [0.15, 0.2) is 0 Å². The number of fused-ring (bicyclic) bond motifs is 3. The van der Waals surface area contributed by atoms with Crippen molar-refractivity contribution in [2.75, 3.05) is 7.11 Å². The number of aromatic amines is 1. The second-order valence-corrected chi connectivity index (χ2v) is 4.83. The summed E-state index contributed by atoms with van der Waals surface area (Å²) in [5.74, 6) is -0.214. The zero-order valence-electron chi connectivity index (χ0n) is 9.32. The molecule has 0 aliphatic carbocycles. The van der Waals surface area contributed by atoms with Crippen LogP contribution in [0.3, 0.4) is 0 Å². The lowest BCUT2D eigenvalue weighted by Gasteiger charge is -2.20. The second kappa shape index (κ2) is 4.09. The Balaban J connectivity index is 2.03. The predicted octanol–water partition coefficient (Wildman–Crippen LogP) is 1.86. The highest BCUT2D eigenvalue weighted by Crippen LogP contribution is 2.33. The number of ether oxygens (including phenoxy) is 1. The largest absolute Gasteiger partial charge is 0.468 e. The van der Waals surface area contributed by atoms with E-state index in [1.165, 1.54) is 30.0 Å². The van der Waals surface area contributed by atoms with Crippen molar-refractivity contribution in [3.63, 3.8) is 0 Å². The average molecular weight is 248 g/mol. The third kappa shape index (κ3) is 1.71. The summed E-state index contributed by atoms with van der Waals surface area (Å²) in [5.41, 5.74) is 2.30. The van der Waals surface area contributed by atoms with Gasteiger partial charge in [-0.05, 0) is 23.6 Å². The minimum atomic E-state index is -0.267. The molecule has 1 aliphatic rings. The van der Waals surface area contributed by atoms with Crippen molar-refractivity contribution >= 4 is 28.8 Å². The molecule has 4 nitrogen and oxygen atoms in total. The van der Waals surface area contributed by atoms with E-state index in [0.29, 0.717) is 6.42 Å². The Kier molecular flexibility index (Phi) is 2.57. The Morgan fingerprint density at radius 2 is 2.29 bits per heavy atom. The van der Waals surface area contributed by atoms with Gasteiger partial charge in [0, 0.05) is 17.3 Å². The molecule has 88 valence electrons. The van der Waals surface area contributed by atoms with Gasteiger partial charge in [-0.3, -0.25) is 4.79 Å². The van der Waals surface area contributed by atoms with Gasteiger partial charge in [0.25, 0.3) is 0 Å². The number of rotatable bonds is 1. The molecule has 3 rings (SSSR count). The van der Waals surface area contributed by atoms with E-state index in [0.717, 1.165) is 10.5 Å². The Bertz CT molecular complexity index is 579. The summed E-state index contributed by atoms with van der Waals surface area (Å²) in [6.07, 6.45) is 0.666. The minimum absolute atomic E-state index is 0.214. The van der Waals surface area contributed by atoms with E-state index in [4.69, 9.17) is 4.74 Å². The van der Waals surface area contributed by atoms with Crippen LogP contribution in [0.5, 0.6) is 0 Å². The van der Waals surface area contributed by atoms with Gasteiger partial charge in [-0.25, -0.2) is 4.72 Å². The smallest absolute Gasteiger partial charge is 0.324 e. The third-order valence-corrected chi connectivity index (χ3v) is 3.93. The summed E-state index contributed by atoms with van der Waals surface area (Å²) in [4.78, 5) is 14.9. The summed E-state index contributed by atoms with van der Waals surface area (Å²) in [6, 6.07) is 7.86. The number of hydrogen-bond acceptors (Lipinski definition) is 4. The monoisotopic (exact) mass is 248 g/mol. The standard InChI is InChI=1S/C12H12N2O2S/c1-16-12(15)10-6-8-7-4-2-3-5-9(7)13-11(8)17-14-10/h2-5,10,13-14H,6H2,1H3/t10-/m0/s1. The van der Waals surface area contributed by atoms with Crippen LogP contribution >= 0.6 is 11.9 Å². The van der Waals surface area contributed by atoms with Crippen LogP contribution in [-0.2, 0) is 16.0 Å². The third-order valence-electron chi connectivity index (χ3n) is 2.97. The van der Waals surface area contributed by atoms with Gasteiger partial charge in [-0.1, -0.05) is 18.2 Å². The maximum absolute atomic E-state index is 11.5. The average Bonchev–Trinajstić information content (AvgIpc) is 2.75. The van der Waals surface area contributed by atoms with Crippen molar-refractivity contribution in [1.29, 1.82) is 0 Å². The highest BCUT2D eigenvalue weighted by Gasteiger charge is 2.28. The molecule has 2 aromatic rings. The number of para-hydroxylation sites is 1. The van der Waals surface area contributed by atoms with Gasteiger partial charge in [-0.2, -0.15) is 0 Å². The maximum Gasteiger partial charge on any atom is 0.324 e. The fourth-order valence-electron chi connectivity index (χ4n) is 2.11. The number of carbonyl (C=O) groups excluding carboxylic acids is 1. The van der Waals surface area contributed by atoms with E-state index in [1.54, 1.807) is 0 Å². The quantitative estimate of drug-likeness (QED) is 0.597. The SMILES string of the molecule is COC(=O)[C@@H]1Cc2c([nH]c3ccccc23)SN1. The van der Waals surface area contributed by atoms with Crippen molar-refractivity contribution in [2.45, 2.75) is 17.5 Å². The van der Waals surface area contributed by atoms with Crippen molar-refractivity contribution < 1.29 is 9.53 Å². The first kappa shape index (κ1) is 10.7. The molecule has 0 bridgehead atoms. The topological polar surface area (TPSA) is 54.1 Å². The molecule has 2 heterocycles. The summed E-state index contributed by atoms with van der Waals surface area (Å²) in [6.45, 7) is 0. The van der Waals surface area contributed by atoms with Crippen molar-refractivity contribution in [3.8, 4) is 0 Å². The molecule has 1 aromatic carbocycles. The number of aromatic nitrogens is 1. The van der Waals surface area contributed by atoms with Gasteiger partial charge in [0.05, 0.1) is 12.1 Å². The molecule has 1 atom stereocenters. The number of carbonyl (C=O) groups is 1. The van der Waals surface area contributed by atoms with Crippen LogP contribution < -0.4 is 4.72 Å². The van der Waals surface area contributed by atoms with E-state index >= 15 is 0 Å². The molecule has 0 saturated carbocycles. The highest BCUT2D eigenvalue weighted by atomic mass is 32.2. The molecule has 17 heavy (non-hydrogen) atoms. The van der Waals surface area contributed by atoms with Gasteiger partial charge >= 0.3 is 5.97 Å². The number of hydrogen-bond donors (Lipinski definition) is 2. The number of esters is 1. The van der Waals surface area contributed by atoms with Crippen LogP contribution in [0.4, 0.5) is 0 Å². The summed E-state index contributed by atoms with van der Waals surface area (Å²) in [5, 5.41) is 2.27. The number of nitrogens with one attached hydrogen (secondary N) is 2. The van der Waals surface area contributed by atoms with Crippen LogP contribution in [0.1, 0.15) is 5.56 Å². The summed E-state index contributed by atoms with van der Waals surface area (Å²) < 4.78 is 7.87. The van der Waals surface area contributed by atoms with Gasteiger partial charge in [0.1, 0.15) is 6.04 Å². The van der Waals surface area contributed by atoms with Crippen molar-refractivity contribution in [3.05, 3.63) is 29.8 Å². The Hall–Kier alpha value is -1.46. The minimum Gasteiger partial charge on any atom is -0.468 e. The molecule has 1 aliphatic heterocycles. The first-order chi connectivity index (χ1) is 8.29. The van der Waals surface area contributed by atoms with Crippen LogP contribution in [0.25, 0.3) is 10.9 Å². The normalized spacial score (nSPS) is 19.0. The Labute approximate surface area is 103 Å². The van der Waals surface area contributed by atoms with E-state index < -0.39 is 0 Å². The second-order valence-electron chi connectivity index (χ2n) is 3.98. The zero-order chi connectivity index (χ0) is 11.8. The van der Waals surface area contributed by atoms with E-state index in [9.17, 15) is 4.79 Å². The molecule has 0 spiro atoms. The molecule has 0 fully saturated rings. The lowest BCUT2D eigenvalue weighted by atomic mass is 10.1. The molecular formula is C12H12N2O2S. The molecule has 5 heteroatoms. The van der Waals surface area contributed by atoms with Crippen LogP contribution in [0.2, 0.25) is 0 Å². The molecule has 0 saturated heterocycles. The number of benzene rings is 1. The zero-order valence-corrected chi connectivity index (χ0v) is 10.1. The molecule has 2 N–H and O–H groups in total. The van der Waals surface area contributed by atoms with Gasteiger partial charge in [0.2, 0.25) is 0 Å². The molecule has 0 amide bonds. The molecule has 0 radical (unpaired) electrons. The number of H-pyrrole nitrogens is 1. The highest BCUT2D eigenvalue weighted by molar-refractivity contribution is 7.97. The first-order valence-corrected chi connectivity index (χ1v) is 6.21. The Morgan fingerprint density at radius 3 is 3.12 bits per heavy atom. The lowest BCUT2D eigenvalue weighted by Crippen LogP contribution is -2.37. The Morgan fingerprint density at radius 1 is 1.47 bits per heavy atom. The van der Waals surface area contributed by atoms with Crippen LogP contribution in [0.15, 0.2) is 29.3 Å². The number of methoxy groups -OCH3 is 1. The van der Waals surface area contributed by atoms with E-state index in [-0.39, 0.29) is 12.0 Å². The summed E-state index contributed by atoms with van der Waals surface area (Å²) in [7, 11) is 1.42. The fourth-order valence-corrected chi connectivity index (χ4v) is 3.03. The van der Waals surface area contributed by atoms with Gasteiger partial charge < -0.3 is 9.72 Å².